The number of piperidine rings is 1. The Kier molecular flexibility index (Phi) is 4.36. The first-order valence-corrected chi connectivity index (χ1v) is 7.73. The van der Waals surface area contributed by atoms with Gasteiger partial charge >= 0.3 is 6.18 Å². The average molecular weight is 355 g/mol. The number of H-pyrrole nitrogens is 1. The molecule has 1 amide bonds. The first-order valence-electron chi connectivity index (χ1n) is 7.73. The van der Waals surface area contributed by atoms with Crippen molar-refractivity contribution in [2.24, 2.45) is 5.92 Å². The van der Waals surface area contributed by atoms with E-state index in [4.69, 9.17) is 0 Å². The summed E-state index contributed by atoms with van der Waals surface area (Å²) in [6, 6.07) is 1.32. The van der Waals surface area contributed by atoms with Gasteiger partial charge in [0, 0.05) is 31.0 Å². The van der Waals surface area contributed by atoms with Gasteiger partial charge in [-0.25, -0.2) is 9.67 Å². The fraction of sp³-hybridized carbons (Fsp3) is 0.467. The molecule has 7 nitrogen and oxygen atoms in total. The summed E-state index contributed by atoms with van der Waals surface area (Å²) in [6.45, 7) is 1.75. The SMILES string of the molecule is Cc1cc(=O)[nH]c(-n2cc(C(=O)N3CCC(C(F)(F)F)CC3)cn2)n1. The Labute approximate surface area is 140 Å². The predicted molar refractivity (Wildman–Crippen MR) is 81.4 cm³/mol. The number of alkyl halides is 3. The summed E-state index contributed by atoms with van der Waals surface area (Å²) in [5, 5.41) is 4.00. The second kappa shape index (κ2) is 6.34. The van der Waals surface area contributed by atoms with Crippen LogP contribution in [0.15, 0.2) is 23.3 Å². The summed E-state index contributed by atoms with van der Waals surface area (Å²) in [4.78, 5) is 31.9. The highest BCUT2D eigenvalue weighted by molar-refractivity contribution is 5.93. The first kappa shape index (κ1) is 17.2. The van der Waals surface area contributed by atoms with Gasteiger partial charge in [-0.05, 0) is 19.8 Å². The number of nitrogens with one attached hydrogen (secondary N) is 1. The van der Waals surface area contributed by atoms with Crippen LogP contribution >= 0.6 is 0 Å². The average Bonchev–Trinajstić information content (AvgIpc) is 3.02. The van der Waals surface area contributed by atoms with Gasteiger partial charge in [0.15, 0.2) is 0 Å². The largest absolute Gasteiger partial charge is 0.391 e. The number of likely N-dealkylation sites (tertiary alicyclic amines) is 1. The van der Waals surface area contributed by atoms with Crippen LogP contribution in [0.1, 0.15) is 28.9 Å². The van der Waals surface area contributed by atoms with Gasteiger partial charge in [-0.15, -0.1) is 0 Å². The van der Waals surface area contributed by atoms with Gasteiger partial charge in [-0.3, -0.25) is 14.6 Å². The third-order valence-corrected chi connectivity index (χ3v) is 4.15. The Morgan fingerprint density at radius 3 is 2.60 bits per heavy atom. The van der Waals surface area contributed by atoms with Crippen molar-refractivity contribution in [2.45, 2.75) is 25.9 Å². The van der Waals surface area contributed by atoms with Crippen molar-refractivity contribution >= 4 is 5.91 Å². The van der Waals surface area contributed by atoms with E-state index in [1.54, 1.807) is 6.92 Å². The highest BCUT2D eigenvalue weighted by atomic mass is 19.4. The lowest BCUT2D eigenvalue weighted by atomic mass is 9.96. The van der Waals surface area contributed by atoms with Crippen molar-refractivity contribution in [3.05, 3.63) is 40.1 Å². The Morgan fingerprint density at radius 1 is 1.32 bits per heavy atom. The lowest BCUT2D eigenvalue weighted by molar-refractivity contribution is -0.183. The summed E-state index contributed by atoms with van der Waals surface area (Å²) < 4.78 is 39.3. The van der Waals surface area contributed by atoms with Gasteiger partial charge in [0.25, 0.3) is 11.5 Å². The quantitative estimate of drug-likeness (QED) is 0.888. The van der Waals surface area contributed by atoms with E-state index in [0.717, 1.165) is 0 Å². The molecule has 0 aromatic carbocycles. The summed E-state index contributed by atoms with van der Waals surface area (Å²) in [5.74, 6) is -1.58. The van der Waals surface area contributed by atoms with E-state index < -0.39 is 12.1 Å². The third-order valence-electron chi connectivity index (χ3n) is 4.15. The molecule has 0 radical (unpaired) electrons. The molecule has 2 aromatic heterocycles. The van der Waals surface area contributed by atoms with Gasteiger partial charge in [-0.2, -0.15) is 18.3 Å². The van der Waals surface area contributed by atoms with Crippen LogP contribution in [0.3, 0.4) is 0 Å². The number of hydrogen-bond donors (Lipinski definition) is 1. The number of nitrogens with zero attached hydrogens (tertiary/aromatic N) is 4. The summed E-state index contributed by atoms with van der Waals surface area (Å²) >= 11 is 0. The fourth-order valence-corrected chi connectivity index (χ4v) is 2.81. The third kappa shape index (κ3) is 3.72. The molecule has 0 spiro atoms. The van der Waals surface area contributed by atoms with E-state index in [-0.39, 0.29) is 48.9 Å². The van der Waals surface area contributed by atoms with Crippen molar-refractivity contribution in [3.8, 4) is 5.95 Å². The molecule has 3 rings (SSSR count). The maximum atomic E-state index is 12.7. The van der Waals surface area contributed by atoms with Gasteiger partial charge in [0.05, 0.1) is 17.7 Å². The van der Waals surface area contributed by atoms with Crippen molar-refractivity contribution in [2.75, 3.05) is 13.1 Å². The van der Waals surface area contributed by atoms with Crippen LogP contribution in [0.25, 0.3) is 5.95 Å². The standard InChI is InChI=1S/C15H16F3N5O2/c1-9-6-12(24)21-14(20-9)23-8-10(7-19-23)13(25)22-4-2-11(3-5-22)15(16,17)18/h6-8,11H,2-5H2,1H3,(H,20,21,24). The van der Waals surface area contributed by atoms with E-state index >= 15 is 0 Å². The topological polar surface area (TPSA) is 83.9 Å². The highest BCUT2D eigenvalue weighted by Gasteiger charge is 2.41. The summed E-state index contributed by atoms with van der Waals surface area (Å²) in [7, 11) is 0. The lowest BCUT2D eigenvalue weighted by Crippen LogP contribution is -2.42. The molecule has 1 aliphatic rings. The predicted octanol–water partition coefficient (Wildman–Crippen LogP) is 1.68. The summed E-state index contributed by atoms with van der Waals surface area (Å²) in [6.07, 6.45) is -1.72. The minimum Gasteiger partial charge on any atom is -0.339 e. The zero-order valence-corrected chi connectivity index (χ0v) is 13.4. The molecule has 1 N–H and O–H groups in total. The van der Waals surface area contributed by atoms with E-state index in [0.29, 0.717) is 5.69 Å². The number of aromatic nitrogens is 4. The van der Waals surface area contributed by atoms with Crippen LogP contribution < -0.4 is 5.56 Å². The molecule has 25 heavy (non-hydrogen) atoms. The summed E-state index contributed by atoms with van der Waals surface area (Å²) in [5.41, 5.74) is 0.381. The number of carbonyl (C=O) groups excluding carboxylic acids is 1. The van der Waals surface area contributed by atoms with Gasteiger partial charge in [-0.1, -0.05) is 0 Å². The number of aromatic amines is 1. The van der Waals surface area contributed by atoms with Crippen molar-refractivity contribution in [1.82, 2.24) is 24.6 Å². The molecule has 0 saturated carbocycles. The molecule has 1 fully saturated rings. The second-order valence-electron chi connectivity index (χ2n) is 5.99. The minimum atomic E-state index is -4.22. The molecule has 2 aromatic rings. The second-order valence-corrected chi connectivity index (χ2v) is 5.99. The lowest BCUT2D eigenvalue weighted by Gasteiger charge is -2.32. The maximum Gasteiger partial charge on any atom is 0.391 e. The number of rotatable bonds is 2. The number of carbonyl (C=O) groups is 1. The van der Waals surface area contributed by atoms with Crippen LogP contribution in [0, 0.1) is 12.8 Å². The monoisotopic (exact) mass is 355 g/mol. The highest BCUT2D eigenvalue weighted by Crippen LogP contribution is 2.34. The van der Waals surface area contributed by atoms with Crippen molar-refractivity contribution in [1.29, 1.82) is 0 Å². The maximum absolute atomic E-state index is 12.7. The molecule has 1 aliphatic heterocycles. The Hall–Kier alpha value is -2.65. The zero-order valence-electron chi connectivity index (χ0n) is 13.4. The number of halogens is 3. The molecular formula is C15H16F3N5O2. The van der Waals surface area contributed by atoms with E-state index in [9.17, 15) is 22.8 Å². The Balaban J connectivity index is 1.72. The number of aryl methyl sites for hydroxylation is 1. The van der Waals surface area contributed by atoms with Gasteiger partial charge < -0.3 is 4.90 Å². The number of amides is 1. The molecule has 1 saturated heterocycles. The van der Waals surface area contributed by atoms with Gasteiger partial charge in [0.1, 0.15) is 0 Å². The molecule has 0 atom stereocenters. The van der Waals surface area contributed by atoms with Crippen molar-refractivity contribution < 1.29 is 18.0 Å². The van der Waals surface area contributed by atoms with E-state index in [1.807, 2.05) is 0 Å². The van der Waals surface area contributed by atoms with Crippen LogP contribution in [0.5, 0.6) is 0 Å². The fourth-order valence-electron chi connectivity index (χ4n) is 2.81. The number of hydrogen-bond acceptors (Lipinski definition) is 4. The van der Waals surface area contributed by atoms with Gasteiger partial charge in [0.2, 0.25) is 5.95 Å². The van der Waals surface area contributed by atoms with Crippen LogP contribution in [0.4, 0.5) is 13.2 Å². The molecule has 10 heteroatoms. The molecule has 134 valence electrons. The smallest absolute Gasteiger partial charge is 0.339 e. The molecule has 0 bridgehead atoms. The van der Waals surface area contributed by atoms with Crippen LogP contribution in [-0.2, 0) is 0 Å². The molecule has 0 unspecified atom stereocenters. The van der Waals surface area contributed by atoms with Crippen molar-refractivity contribution in [3.63, 3.8) is 0 Å². The van der Waals surface area contributed by atoms with Crippen LogP contribution in [-0.4, -0.2) is 49.8 Å². The molecule has 3 heterocycles. The van der Waals surface area contributed by atoms with Crippen LogP contribution in [0.2, 0.25) is 0 Å². The molecular weight excluding hydrogens is 339 g/mol. The normalized spacial score (nSPS) is 16.2. The zero-order chi connectivity index (χ0) is 18.2. The Morgan fingerprint density at radius 2 is 2.00 bits per heavy atom. The van der Waals surface area contributed by atoms with E-state index in [2.05, 4.69) is 15.1 Å². The van der Waals surface area contributed by atoms with E-state index in [1.165, 1.54) is 28.0 Å². The minimum absolute atomic E-state index is 0.0493. The first-order chi connectivity index (χ1) is 11.7. The Bertz CT molecular complexity index is 834. The molecule has 0 aliphatic carbocycles.